The van der Waals surface area contributed by atoms with Gasteiger partial charge in [-0.25, -0.2) is 4.79 Å². The van der Waals surface area contributed by atoms with E-state index in [1.165, 1.54) is 0 Å². The first-order valence-corrected chi connectivity index (χ1v) is 19.3. The monoisotopic (exact) mass is 780 g/mol. The summed E-state index contributed by atoms with van der Waals surface area (Å²) in [5, 5.41) is 2.75. The molecule has 6 rings (SSSR count). The third-order valence-corrected chi connectivity index (χ3v) is 9.64. The lowest BCUT2D eigenvalue weighted by atomic mass is 10.1. The second-order valence-electron chi connectivity index (χ2n) is 14.8. The lowest BCUT2D eigenvalue weighted by molar-refractivity contribution is -0.134. The molecule has 0 bridgehead atoms. The molecule has 4 aromatic rings. The summed E-state index contributed by atoms with van der Waals surface area (Å²) < 4.78 is 16.3. The molecule has 304 valence electrons. The van der Waals surface area contributed by atoms with E-state index in [1.54, 1.807) is 52.3 Å². The number of rotatable bonds is 11. The van der Waals surface area contributed by atoms with Gasteiger partial charge in [0.2, 0.25) is 11.8 Å². The fraction of sp³-hybridized carbons (Fsp3) is 0.419. The number of carbonyl (C=O) groups excluding carboxylic acids is 3. The smallest absolute Gasteiger partial charge is 0.408 e. The second kappa shape index (κ2) is 20.3. The number of hydrogen-bond donors (Lipinski definition) is 2. The first-order chi connectivity index (χ1) is 27.5. The van der Waals surface area contributed by atoms with Crippen LogP contribution in [0.25, 0.3) is 0 Å². The molecular weight excluding hydrogens is 725 g/mol. The minimum absolute atomic E-state index is 0.00895. The number of benzene rings is 2. The van der Waals surface area contributed by atoms with Crippen LogP contribution in [0.3, 0.4) is 0 Å². The summed E-state index contributed by atoms with van der Waals surface area (Å²) in [4.78, 5) is 55.0. The van der Waals surface area contributed by atoms with E-state index in [4.69, 9.17) is 19.9 Å². The van der Waals surface area contributed by atoms with Crippen molar-refractivity contribution >= 4 is 29.3 Å². The maximum atomic E-state index is 13.4. The van der Waals surface area contributed by atoms with E-state index in [0.717, 1.165) is 47.4 Å². The van der Waals surface area contributed by atoms with Crippen LogP contribution in [0.1, 0.15) is 32.2 Å². The number of aromatic nitrogens is 2. The van der Waals surface area contributed by atoms with E-state index in [1.807, 2.05) is 89.8 Å². The van der Waals surface area contributed by atoms with Gasteiger partial charge in [-0.3, -0.25) is 19.6 Å². The van der Waals surface area contributed by atoms with Crippen molar-refractivity contribution in [3.8, 4) is 11.5 Å². The average Bonchev–Trinajstić information content (AvgIpc) is 3.23. The van der Waals surface area contributed by atoms with Crippen molar-refractivity contribution in [3.05, 3.63) is 109 Å². The van der Waals surface area contributed by atoms with Crippen LogP contribution >= 0.6 is 0 Å². The molecule has 4 heterocycles. The molecule has 0 spiro atoms. The van der Waals surface area contributed by atoms with Crippen LogP contribution < -0.4 is 30.3 Å². The van der Waals surface area contributed by atoms with Crippen molar-refractivity contribution in [2.45, 2.75) is 51.3 Å². The average molecular weight is 781 g/mol. The zero-order valence-corrected chi connectivity index (χ0v) is 33.7. The summed E-state index contributed by atoms with van der Waals surface area (Å²) in [6.07, 6.45) is 3.55. The number of nitrogens with zero attached hydrogens (tertiary/aromatic N) is 6. The van der Waals surface area contributed by atoms with Crippen LogP contribution in [0.2, 0.25) is 0 Å². The first kappa shape index (κ1) is 42.3. The highest BCUT2D eigenvalue weighted by Gasteiger charge is 2.31. The van der Waals surface area contributed by atoms with E-state index < -0.39 is 23.8 Å². The molecule has 2 aromatic heterocycles. The van der Waals surface area contributed by atoms with Crippen molar-refractivity contribution in [3.63, 3.8) is 0 Å². The van der Waals surface area contributed by atoms with Gasteiger partial charge in [0, 0.05) is 89.0 Å². The lowest BCUT2D eigenvalue weighted by Crippen LogP contribution is -2.56. The molecule has 2 fully saturated rings. The minimum Gasteiger partial charge on any atom is -0.495 e. The van der Waals surface area contributed by atoms with Gasteiger partial charge in [0.25, 0.3) is 0 Å². The fourth-order valence-corrected chi connectivity index (χ4v) is 6.78. The predicted molar refractivity (Wildman–Crippen MR) is 221 cm³/mol. The minimum atomic E-state index is -0.752. The Balaban J connectivity index is 0.000000224. The Hall–Kier alpha value is -5.89. The summed E-state index contributed by atoms with van der Waals surface area (Å²) in [6.45, 7) is 10.7. The van der Waals surface area contributed by atoms with Crippen LogP contribution in [0.15, 0.2) is 97.3 Å². The molecule has 0 unspecified atom stereocenters. The number of anilines is 2. The fourth-order valence-electron chi connectivity index (χ4n) is 6.78. The summed E-state index contributed by atoms with van der Waals surface area (Å²) in [5.74, 6) is 1.52. The Morgan fingerprint density at radius 2 is 1.09 bits per heavy atom. The molecule has 3 amide bonds. The van der Waals surface area contributed by atoms with Crippen LogP contribution in [0, 0.1) is 0 Å². The topological polar surface area (TPSA) is 156 Å². The maximum absolute atomic E-state index is 13.4. The van der Waals surface area contributed by atoms with Crippen molar-refractivity contribution in [1.82, 2.24) is 25.1 Å². The van der Waals surface area contributed by atoms with Gasteiger partial charge >= 0.3 is 6.09 Å². The molecule has 2 atom stereocenters. The van der Waals surface area contributed by atoms with E-state index in [-0.39, 0.29) is 11.8 Å². The molecule has 14 nitrogen and oxygen atoms in total. The highest BCUT2D eigenvalue weighted by atomic mass is 16.6. The van der Waals surface area contributed by atoms with Gasteiger partial charge in [-0.05, 0) is 69.3 Å². The third-order valence-electron chi connectivity index (χ3n) is 9.64. The summed E-state index contributed by atoms with van der Waals surface area (Å²) in [7, 11) is 3.33. The molecule has 0 saturated carbocycles. The number of methoxy groups -OCH3 is 2. The zero-order chi connectivity index (χ0) is 40.8. The van der Waals surface area contributed by atoms with Gasteiger partial charge in [0.1, 0.15) is 23.1 Å². The number of piperazine rings is 2. The van der Waals surface area contributed by atoms with E-state index in [0.29, 0.717) is 52.1 Å². The molecule has 0 aliphatic carbocycles. The van der Waals surface area contributed by atoms with E-state index >= 15 is 0 Å². The molecule has 2 aliphatic heterocycles. The molecule has 0 radical (unpaired) electrons. The largest absolute Gasteiger partial charge is 0.495 e. The highest BCUT2D eigenvalue weighted by Crippen LogP contribution is 2.29. The highest BCUT2D eigenvalue weighted by molar-refractivity contribution is 5.86. The Labute approximate surface area is 335 Å². The Bertz CT molecular complexity index is 1880. The number of ether oxygens (including phenoxy) is 3. The predicted octanol–water partition coefficient (Wildman–Crippen LogP) is 4.18. The summed E-state index contributed by atoms with van der Waals surface area (Å²) in [5.41, 5.74) is 9.11. The molecule has 2 aliphatic rings. The van der Waals surface area contributed by atoms with Crippen molar-refractivity contribution in [2.24, 2.45) is 5.73 Å². The molecule has 2 aromatic carbocycles. The van der Waals surface area contributed by atoms with Gasteiger partial charge in [0.05, 0.1) is 31.6 Å². The van der Waals surface area contributed by atoms with Gasteiger partial charge in [-0.15, -0.1) is 0 Å². The number of pyridine rings is 2. The van der Waals surface area contributed by atoms with Crippen LogP contribution in [0.5, 0.6) is 11.5 Å². The SMILES string of the molecule is COc1ccccc1N1CCN(C(=O)[C@@H](Cc2ccccn2)NC(=O)OC(C)(C)C)CC1.COc1ccccc1N1CCN(C(=O)[C@H](N)Cc2ccccn2)CC1. The number of nitrogens with two attached hydrogens (primary N) is 1. The number of amides is 3. The first-order valence-electron chi connectivity index (χ1n) is 19.3. The number of carbonyl (C=O) groups is 3. The molecule has 2 saturated heterocycles. The van der Waals surface area contributed by atoms with Gasteiger partial charge in [-0.1, -0.05) is 36.4 Å². The maximum Gasteiger partial charge on any atom is 0.408 e. The Kier molecular flexibility index (Phi) is 15.1. The van der Waals surface area contributed by atoms with Crippen molar-refractivity contribution in [2.75, 3.05) is 76.4 Å². The third kappa shape index (κ3) is 12.3. The molecule has 3 N–H and O–H groups in total. The lowest BCUT2D eigenvalue weighted by Gasteiger charge is -2.38. The Morgan fingerprint density at radius 3 is 1.53 bits per heavy atom. The zero-order valence-electron chi connectivity index (χ0n) is 33.7. The van der Waals surface area contributed by atoms with Gasteiger partial charge in [0.15, 0.2) is 0 Å². The number of alkyl carbamates (subject to hydrolysis) is 1. The van der Waals surface area contributed by atoms with E-state index in [2.05, 4.69) is 25.1 Å². The number of hydrogen-bond acceptors (Lipinski definition) is 11. The Morgan fingerprint density at radius 1 is 0.649 bits per heavy atom. The normalized spacial score (nSPS) is 15.4. The quantitative estimate of drug-likeness (QED) is 0.225. The van der Waals surface area contributed by atoms with Gasteiger partial charge < -0.3 is 44.9 Å². The van der Waals surface area contributed by atoms with Crippen LogP contribution in [-0.2, 0) is 27.2 Å². The van der Waals surface area contributed by atoms with Crippen LogP contribution in [0.4, 0.5) is 16.2 Å². The van der Waals surface area contributed by atoms with Crippen molar-refractivity contribution < 1.29 is 28.6 Å². The second-order valence-corrected chi connectivity index (χ2v) is 14.8. The van der Waals surface area contributed by atoms with Crippen molar-refractivity contribution in [1.29, 1.82) is 0 Å². The standard InChI is InChI=1S/C24H32N4O4.C19H24N4O2/c1-24(2,3)32-23(30)26-19(17-18-9-7-8-12-25-18)22(29)28-15-13-27(14-16-28)20-10-5-6-11-21(20)31-4;1-25-18-8-3-2-7-17(18)22-10-12-23(13-11-22)19(24)16(20)14-15-6-4-5-9-21-15/h5-12,19H,13-17H2,1-4H3,(H,26,30);2-9,16H,10-14,20H2,1H3/t19-;16-/m11/s1. The van der Waals surface area contributed by atoms with E-state index in [9.17, 15) is 14.4 Å². The molecular formula is C43H56N8O6. The molecule has 57 heavy (non-hydrogen) atoms. The molecule has 14 heteroatoms. The number of para-hydroxylation sites is 4. The number of nitrogens with one attached hydrogen (secondary N) is 1. The van der Waals surface area contributed by atoms with Crippen LogP contribution in [-0.4, -0.2) is 122 Å². The summed E-state index contributed by atoms with van der Waals surface area (Å²) in [6, 6.07) is 25.7. The van der Waals surface area contributed by atoms with Gasteiger partial charge in [-0.2, -0.15) is 0 Å². The summed E-state index contributed by atoms with van der Waals surface area (Å²) >= 11 is 0.